The highest BCUT2D eigenvalue weighted by atomic mass is 31.2. The standard InChI is InChI=1S/C28H35FN3O9P/c1-5-38-25(35)20(15-17(2)3)31-42(37,41-21-12-8-10-18-9-6-7-11-19(18)21)39-16-22-24(34)28(4,29)26(40-22)32-14-13-23(33)30-27(32)36/h6-14,17,20,22,24,26,34H,5,15-16H2,1-4H3,(H,31,37)(H,30,33,36)/t20?,22-,24-,26-,28-,42?/m1/s1/i13D,14D. The van der Waals surface area contributed by atoms with Gasteiger partial charge in [-0.05, 0) is 37.6 Å². The van der Waals surface area contributed by atoms with Crippen molar-refractivity contribution in [2.24, 2.45) is 5.92 Å². The monoisotopic (exact) mass is 609 g/mol. The number of halogens is 1. The van der Waals surface area contributed by atoms with Gasteiger partial charge in [-0.1, -0.05) is 50.2 Å². The highest BCUT2D eigenvalue weighted by Crippen LogP contribution is 2.49. The van der Waals surface area contributed by atoms with Crippen molar-refractivity contribution in [3.8, 4) is 5.75 Å². The van der Waals surface area contributed by atoms with Gasteiger partial charge in [-0.3, -0.25) is 23.7 Å². The van der Waals surface area contributed by atoms with Gasteiger partial charge in [0.15, 0.2) is 11.9 Å². The maximum absolute atomic E-state index is 15.9. The zero-order chi connectivity index (χ0) is 32.4. The SMILES string of the molecule is [2H]c1c([2H])n([C@@H]2O[C@H](COP(=O)(NC(CC(C)C)C(=O)OCC)Oc3cccc4ccccc34)[C@@H](O)[C@@]2(C)F)c(=O)[nH]c1=O. The van der Waals surface area contributed by atoms with Gasteiger partial charge in [0.2, 0.25) is 0 Å². The number of aromatic amines is 1. The molecular weight excluding hydrogens is 572 g/mol. The van der Waals surface area contributed by atoms with Gasteiger partial charge in [-0.2, -0.15) is 5.09 Å². The van der Waals surface area contributed by atoms with E-state index in [0.29, 0.717) is 9.95 Å². The number of aliphatic hydroxyl groups excluding tert-OH is 1. The average Bonchev–Trinajstić information content (AvgIpc) is 3.18. The molecule has 1 fully saturated rings. The van der Waals surface area contributed by atoms with Crippen LogP contribution in [0.4, 0.5) is 4.39 Å². The number of fused-ring (bicyclic) bond motifs is 1. The zero-order valence-corrected chi connectivity index (χ0v) is 24.4. The van der Waals surface area contributed by atoms with E-state index in [2.05, 4.69) is 5.09 Å². The highest BCUT2D eigenvalue weighted by molar-refractivity contribution is 7.52. The molecule has 0 radical (unpaired) electrons. The van der Waals surface area contributed by atoms with E-state index >= 15 is 4.39 Å². The Bertz CT molecular complexity index is 1680. The van der Waals surface area contributed by atoms with Crippen molar-refractivity contribution in [3.05, 3.63) is 75.5 Å². The average molecular weight is 610 g/mol. The highest BCUT2D eigenvalue weighted by Gasteiger charge is 2.56. The number of carbonyl (C=O) groups is 1. The second kappa shape index (κ2) is 12.9. The molecule has 1 aliphatic heterocycles. The van der Waals surface area contributed by atoms with Gasteiger partial charge in [0.25, 0.3) is 5.56 Å². The van der Waals surface area contributed by atoms with Crippen molar-refractivity contribution in [2.75, 3.05) is 13.2 Å². The van der Waals surface area contributed by atoms with Crippen LogP contribution in [0.15, 0.2) is 64.3 Å². The van der Waals surface area contributed by atoms with Gasteiger partial charge in [0, 0.05) is 17.6 Å². The Morgan fingerprint density at radius 1 is 1.29 bits per heavy atom. The third kappa shape index (κ3) is 6.99. The lowest BCUT2D eigenvalue weighted by Gasteiger charge is -2.27. The Balaban J connectivity index is 1.67. The van der Waals surface area contributed by atoms with Gasteiger partial charge in [0.1, 0.15) is 24.0 Å². The van der Waals surface area contributed by atoms with Crippen LogP contribution in [0.5, 0.6) is 5.75 Å². The molecule has 2 aromatic carbocycles. The molecule has 3 N–H and O–H groups in total. The molecule has 2 heterocycles. The molecule has 1 saturated heterocycles. The van der Waals surface area contributed by atoms with E-state index in [4.69, 9.17) is 21.3 Å². The van der Waals surface area contributed by atoms with Crippen LogP contribution >= 0.6 is 7.75 Å². The molecule has 0 spiro atoms. The predicted octanol–water partition coefficient (Wildman–Crippen LogP) is 3.45. The smallest absolute Gasteiger partial charge is 0.459 e. The van der Waals surface area contributed by atoms with E-state index in [1.807, 2.05) is 37.0 Å². The summed E-state index contributed by atoms with van der Waals surface area (Å²) in [6.07, 6.45) is -6.25. The summed E-state index contributed by atoms with van der Waals surface area (Å²) >= 11 is 0. The summed E-state index contributed by atoms with van der Waals surface area (Å²) in [5.74, 6) is -0.604. The van der Waals surface area contributed by atoms with E-state index in [0.717, 1.165) is 12.3 Å². The first-order valence-corrected chi connectivity index (χ1v) is 14.9. The quantitative estimate of drug-likeness (QED) is 0.205. The maximum atomic E-state index is 15.9. The Morgan fingerprint density at radius 3 is 2.71 bits per heavy atom. The molecule has 228 valence electrons. The van der Waals surface area contributed by atoms with Crippen molar-refractivity contribution in [2.45, 2.75) is 64.3 Å². The van der Waals surface area contributed by atoms with Gasteiger partial charge in [-0.15, -0.1) is 0 Å². The minimum absolute atomic E-state index is 0.0486. The van der Waals surface area contributed by atoms with Crippen molar-refractivity contribution in [1.82, 2.24) is 14.6 Å². The number of aliphatic hydroxyl groups is 1. The lowest BCUT2D eigenvalue weighted by molar-refractivity contribution is -0.145. The number of alkyl halides is 1. The van der Waals surface area contributed by atoms with Crippen LogP contribution in [0.1, 0.15) is 43.1 Å². The lowest BCUT2D eigenvalue weighted by atomic mass is 9.98. The number of aromatic nitrogens is 2. The molecule has 0 bridgehead atoms. The first-order valence-electron chi connectivity index (χ1n) is 14.4. The molecule has 1 aromatic heterocycles. The first-order chi connectivity index (χ1) is 20.7. The number of hydrogen-bond acceptors (Lipinski definition) is 9. The second-order valence-corrected chi connectivity index (χ2v) is 12.1. The molecule has 2 unspecified atom stereocenters. The lowest BCUT2D eigenvalue weighted by Crippen LogP contribution is -2.44. The van der Waals surface area contributed by atoms with E-state index in [9.17, 15) is 24.1 Å². The second-order valence-electron chi connectivity index (χ2n) is 10.4. The summed E-state index contributed by atoms with van der Waals surface area (Å²) in [5, 5.41) is 14.8. The number of carbonyl (C=O) groups excluding carboxylic acids is 1. The molecule has 0 amide bonds. The number of rotatable bonds is 12. The van der Waals surface area contributed by atoms with Crippen LogP contribution in [0.3, 0.4) is 0 Å². The van der Waals surface area contributed by atoms with Crippen LogP contribution in [0, 0.1) is 5.92 Å². The van der Waals surface area contributed by atoms with Crippen LogP contribution in [-0.4, -0.2) is 57.8 Å². The van der Waals surface area contributed by atoms with Crippen molar-refractivity contribution < 1.29 is 40.1 Å². The largest absolute Gasteiger partial charge is 0.465 e. The number of nitrogens with one attached hydrogen (secondary N) is 2. The van der Waals surface area contributed by atoms with Gasteiger partial charge < -0.3 is 19.1 Å². The van der Waals surface area contributed by atoms with Crippen LogP contribution in [-0.2, 0) is 23.4 Å². The molecule has 12 nitrogen and oxygen atoms in total. The Hall–Kier alpha value is -3.35. The molecule has 0 saturated carbocycles. The fraction of sp³-hybridized carbons (Fsp3) is 0.464. The minimum Gasteiger partial charge on any atom is -0.465 e. The summed E-state index contributed by atoms with van der Waals surface area (Å²) in [6, 6.07) is 10.1. The summed E-state index contributed by atoms with van der Waals surface area (Å²) < 4.78 is 68.7. The Kier molecular flexibility index (Phi) is 8.82. The molecule has 1 aliphatic rings. The summed E-state index contributed by atoms with van der Waals surface area (Å²) in [7, 11) is -4.53. The number of esters is 1. The molecular formula is C28H35FN3O9P. The number of benzene rings is 2. The van der Waals surface area contributed by atoms with E-state index < -0.39 is 73.9 Å². The Morgan fingerprint density at radius 2 is 2.00 bits per heavy atom. The molecule has 4 rings (SSSR count). The predicted molar refractivity (Wildman–Crippen MR) is 152 cm³/mol. The van der Waals surface area contributed by atoms with Crippen LogP contribution in [0.25, 0.3) is 10.8 Å². The number of nitrogens with zero attached hydrogens (tertiary/aromatic N) is 1. The number of hydrogen-bond donors (Lipinski definition) is 3. The van der Waals surface area contributed by atoms with Crippen LogP contribution < -0.4 is 20.9 Å². The summed E-state index contributed by atoms with van der Waals surface area (Å²) in [6.45, 7) is 5.52. The third-order valence-electron chi connectivity index (χ3n) is 6.65. The minimum atomic E-state index is -4.53. The summed E-state index contributed by atoms with van der Waals surface area (Å²) in [4.78, 5) is 38.8. The Labute approximate surface area is 244 Å². The topological polar surface area (TPSA) is 158 Å². The maximum Gasteiger partial charge on any atom is 0.459 e. The molecule has 6 atom stereocenters. The third-order valence-corrected chi connectivity index (χ3v) is 8.20. The van der Waals surface area contributed by atoms with E-state index in [-0.39, 0.29) is 24.7 Å². The zero-order valence-electron chi connectivity index (χ0n) is 25.5. The molecule has 3 aromatic rings. The van der Waals surface area contributed by atoms with Crippen LogP contribution in [0.2, 0.25) is 0 Å². The molecule has 0 aliphatic carbocycles. The van der Waals surface area contributed by atoms with Crippen molar-refractivity contribution in [1.29, 1.82) is 0 Å². The van der Waals surface area contributed by atoms with E-state index in [1.165, 1.54) is 0 Å². The fourth-order valence-electron chi connectivity index (χ4n) is 4.61. The number of H-pyrrole nitrogens is 1. The van der Waals surface area contributed by atoms with Crippen molar-refractivity contribution in [3.63, 3.8) is 0 Å². The van der Waals surface area contributed by atoms with Gasteiger partial charge in [0.05, 0.1) is 16.0 Å². The van der Waals surface area contributed by atoms with Gasteiger partial charge in [-0.25, -0.2) is 13.8 Å². The van der Waals surface area contributed by atoms with Gasteiger partial charge >= 0.3 is 19.4 Å². The normalized spacial score (nSPS) is 25.1. The van der Waals surface area contributed by atoms with Crippen molar-refractivity contribution >= 4 is 24.5 Å². The first kappa shape index (κ1) is 28.8. The molecule has 14 heteroatoms. The molecule has 42 heavy (non-hydrogen) atoms. The number of ether oxygens (including phenoxy) is 2. The fourth-order valence-corrected chi connectivity index (χ4v) is 6.15. The van der Waals surface area contributed by atoms with E-state index in [1.54, 1.807) is 31.2 Å². The summed E-state index contributed by atoms with van der Waals surface area (Å²) in [5.41, 5.74) is -5.10.